The lowest BCUT2D eigenvalue weighted by atomic mass is 10.1. The molecule has 0 aromatic heterocycles. The highest BCUT2D eigenvalue weighted by Gasteiger charge is 2.26. The first-order valence-electron chi connectivity index (χ1n) is 6.76. The van der Waals surface area contributed by atoms with Crippen LogP contribution in [-0.4, -0.2) is 25.7 Å². The molecule has 1 aromatic rings. The summed E-state index contributed by atoms with van der Waals surface area (Å²) in [4.78, 5) is 2.23. The van der Waals surface area contributed by atoms with Crippen LogP contribution in [0, 0.1) is 11.7 Å². The summed E-state index contributed by atoms with van der Waals surface area (Å²) in [6.45, 7) is 3.04. The summed E-state index contributed by atoms with van der Waals surface area (Å²) in [7, 11) is 0. The van der Waals surface area contributed by atoms with Gasteiger partial charge < -0.3 is 10.2 Å². The molecule has 1 atom stereocenters. The molecule has 2 nitrogen and oxygen atoms in total. The van der Waals surface area contributed by atoms with E-state index in [1.807, 2.05) is 0 Å². The van der Waals surface area contributed by atoms with Gasteiger partial charge in [0.1, 0.15) is 0 Å². The topological polar surface area (TPSA) is 15.3 Å². The van der Waals surface area contributed by atoms with E-state index in [-0.39, 0.29) is 10.0 Å². The maximum absolute atomic E-state index is 13.4. The van der Waals surface area contributed by atoms with Gasteiger partial charge in [-0.2, -0.15) is 0 Å². The predicted octanol–water partition coefficient (Wildman–Crippen LogP) is 3.71. The lowest BCUT2D eigenvalue weighted by Gasteiger charge is -2.19. The van der Waals surface area contributed by atoms with Crippen LogP contribution in [-0.2, 0) is 0 Å². The number of hydrogen-bond acceptors (Lipinski definition) is 2. The predicted molar refractivity (Wildman–Crippen MR) is 77.8 cm³/mol. The number of rotatable bonds is 4. The van der Waals surface area contributed by atoms with Crippen molar-refractivity contribution in [2.75, 3.05) is 24.5 Å². The molecule has 3 rings (SSSR count). The van der Waals surface area contributed by atoms with E-state index in [0.29, 0.717) is 5.92 Å². The molecule has 1 aromatic carbocycles. The van der Waals surface area contributed by atoms with Gasteiger partial charge in [0, 0.05) is 24.8 Å². The minimum absolute atomic E-state index is 0.0991. The Morgan fingerprint density at radius 3 is 2.53 bits per heavy atom. The van der Waals surface area contributed by atoms with Gasteiger partial charge in [0.2, 0.25) is 0 Å². The van der Waals surface area contributed by atoms with E-state index in [9.17, 15) is 4.39 Å². The second-order valence-electron chi connectivity index (χ2n) is 5.51. The second kappa shape index (κ2) is 5.47. The average molecular weight is 303 g/mol. The average Bonchev–Trinajstić information content (AvgIpc) is 3.10. The third kappa shape index (κ3) is 3.15. The fourth-order valence-electron chi connectivity index (χ4n) is 2.58. The molecule has 2 fully saturated rings. The summed E-state index contributed by atoms with van der Waals surface area (Å²) in [5.41, 5.74) is 0.922. The molecule has 2 aliphatic rings. The summed E-state index contributed by atoms with van der Waals surface area (Å²) in [6, 6.07) is 4.09. The molecule has 5 heteroatoms. The SMILES string of the molecule is Fc1c(Cl)cc(N2CCC(CNC3CC3)C2)cc1Cl. The van der Waals surface area contributed by atoms with Crippen molar-refractivity contribution in [3.05, 3.63) is 28.0 Å². The molecular weight excluding hydrogens is 286 g/mol. The monoisotopic (exact) mass is 302 g/mol. The Bertz CT molecular complexity index is 454. The molecule has 1 unspecified atom stereocenters. The van der Waals surface area contributed by atoms with Crippen molar-refractivity contribution in [3.63, 3.8) is 0 Å². The number of halogens is 3. The fraction of sp³-hybridized carbons (Fsp3) is 0.571. The molecule has 0 spiro atoms. The molecule has 19 heavy (non-hydrogen) atoms. The van der Waals surface area contributed by atoms with Crippen molar-refractivity contribution >= 4 is 28.9 Å². The summed E-state index contributed by atoms with van der Waals surface area (Å²) < 4.78 is 13.4. The third-order valence-electron chi connectivity index (χ3n) is 3.89. The van der Waals surface area contributed by atoms with Crippen LogP contribution in [0.2, 0.25) is 10.0 Å². The zero-order chi connectivity index (χ0) is 13.4. The molecule has 1 saturated heterocycles. The highest BCUT2D eigenvalue weighted by Crippen LogP contribution is 2.32. The standard InChI is InChI=1S/C14H17Cl2FN2/c15-12-5-11(6-13(16)14(12)17)19-4-3-9(8-19)7-18-10-1-2-10/h5-6,9-10,18H,1-4,7-8H2. The number of hydrogen-bond donors (Lipinski definition) is 1. The van der Waals surface area contributed by atoms with Gasteiger partial charge in [-0.15, -0.1) is 0 Å². The summed E-state index contributed by atoms with van der Waals surface area (Å²) in [6.07, 6.45) is 3.80. The Labute approximate surface area is 122 Å². The first-order valence-corrected chi connectivity index (χ1v) is 7.52. The molecule has 0 bridgehead atoms. The second-order valence-corrected chi connectivity index (χ2v) is 6.32. The van der Waals surface area contributed by atoms with Crippen LogP contribution in [0.25, 0.3) is 0 Å². The molecule has 1 aliphatic carbocycles. The molecule has 0 radical (unpaired) electrons. The highest BCUT2D eigenvalue weighted by molar-refractivity contribution is 6.35. The summed E-state index contributed by atoms with van der Waals surface area (Å²) in [5, 5.41) is 3.76. The van der Waals surface area contributed by atoms with Gasteiger partial charge in [-0.1, -0.05) is 23.2 Å². The van der Waals surface area contributed by atoms with Gasteiger partial charge in [0.15, 0.2) is 5.82 Å². The molecule has 1 saturated carbocycles. The minimum Gasteiger partial charge on any atom is -0.371 e. The van der Waals surface area contributed by atoms with Crippen LogP contribution in [0.4, 0.5) is 10.1 Å². The number of anilines is 1. The van der Waals surface area contributed by atoms with Crippen LogP contribution in [0.3, 0.4) is 0 Å². The van der Waals surface area contributed by atoms with Gasteiger partial charge in [-0.05, 0) is 43.9 Å². The van der Waals surface area contributed by atoms with Crippen LogP contribution in [0.5, 0.6) is 0 Å². The van der Waals surface area contributed by atoms with Crippen molar-refractivity contribution < 1.29 is 4.39 Å². The molecular formula is C14H17Cl2FN2. The van der Waals surface area contributed by atoms with Gasteiger partial charge in [0.05, 0.1) is 10.0 Å². The molecule has 1 heterocycles. The lowest BCUT2D eigenvalue weighted by molar-refractivity contribution is 0.515. The first kappa shape index (κ1) is 13.5. The van der Waals surface area contributed by atoms with Gasteiger partial charge in [-0.3, -0.25) is 0 Å². The highest BCUT2D eigenvalue weighted by atomic mass is 35.5. The van der Waals surface area contributed by atoms with Gasteiger partial charge in [-0.25, -0.2) is 4.39 Å². The van der Waals surface area contributed by atoms with Gasteiger partial charge in [0.25, 0.3) is 0 Å². The molecule has 104 valence electrons. The van der Waals surface area contributed by atoms with E-state index in [2.05, 4.69) is 10.2 Å². The zero-order valence-electron chi connectivity index (χ0n) is 10.6. The van der Waals surface area contributed by atoms with Crippen LogP contribution < -0.4 is 10.2 Å². The van der Waals surface area contributed by atoms with E-state index in [4.69, 9.17) is 23.2 Å². The molecule has 0 amide bonds. The fourth-order valence-corrected chi connectivity index (χ4v) is 3.05. The lowest BCUT2D eigenvalue weighted by Crippen LogP contribution is -2.27. The number of nitrogens with one attached hydrogen (secondary N) is 1. The third-order valence-corrected chi connectivity index (χ3v) is 4.44. The van der Waals surface area contributed by atoms with Crippen molar-refractivity contribution in [2.45, 2.75) is 25.3 Å². The van der Waals surface area contributed by atoms with E-state index < -0.39 is 5.82 Å². The largest absolute Gasteiger partial charge is 0.371 e. The molecule has 1 N–H and O–H groups in total. The quantitative estimate of drug-likeness (QED) is 0.853. The Morgan fingerprint density at radius 2 is 1.89 bits per heavy atom. The van der Waals surface area contributed by atoms with Crippen LogP contribution in [0.15, 0.2) is 12.1 Å². The molecule has 1 aliphatic heterocycles. The first-order chi connectivity index (χ1) is 9.13. The van der Waals surface area contributed by atoms with Crippen LogP contribution in [0.1, 0.15) is 19.3 Å². The Morgan fingerprint density at radius 1 is 1.21 bits per heavy atom. The van der Waals surface area contributed by atoms with Crippen LogP contribution >= 0.6 is 23.2 Å². The Kier molecular flexibility index (Phi) is 3.88. The van der Waals surface area contributed by atoms with E-state index >= 15 is 0 Å². The van der Waals surface area contributed by atoms with Crippen molar-refractivity contribution in [2.24, 2.45) is 5.92 Å². The van der Waals surface area contributed by atoms with Gasteiger partial charge >= 0.3 is 0 Å². The maximum Gasteiger partial charge on any atom is 0.160 e. The Hall–Kier alpha value is -0.510. The smallest absolute Gasteiger partial charge is 0.160 e. The van der Waals surface area contributed by atoms with Crippen molar-refractivity contribution in [3.8, 4) is 0 Å². The van der Waals surface area contributed by atoms with Crippen molar-refractivity contribution in [1.29, 1.82) is 0 Å². The summed E-state index contributed by atoms with van der Waals surface area (Å²) in [5.74, 6) is 0.126. The minimum atomic E-state index is -0.529. The normalized spacial score (nSPS) is 23.1. The zero-order valence-corrected chi connectivity index (χ0v) is 12.1. The Balaban J connectivity index is 1.63. The van der Waals surface area contributed by atoms with E-state index in [1.54, 1.807) is 12.1 Å². The number of benzene rings is 1. The van der Waals surface area contributed by atoms with E-state index in [0.717, 1.165) is 37.8 Å². The summed E-state index contributed by atoms with van der Waals surface area (Å²) >= 11 is 11.7. The number of nitrogens with zero attached hydrogens (tertiary/aromatic N) is 1. The maximum atomic E-state index is 13.4. The van der Waals surface area contributed by atoms with E-state index in [1.165, 1.54) is 12.8 Å². The van der Waals surface area contributed by atoms with Crippen molar-refractivity contribution in [1.82, 2.24) is 5.32 Å².